The van der Waals surface area contributed by atoms with Gasteiger partial charge in [-0.15, -0.1) is 0 Å². The Balaban J connectivity index is 2.27. The van der Waals surface area contributed by atoms with E-state index >= 15 is 0 Å². The maximum Gasteiger partial charge on any atom is 0.224 e. The number of ether oxygens (including phenoxy) is 1. The Kier molecular flexibility index (Phi) is 5.77. The molecule has 3 atom stereocenters. The Morgan fingerprint density at radius 2 is 2.38 bits per heavy atom. The molecule has 16 heavy (non-hydrogen) atoms. The maximum atomic E-state index is 11.8. The van der Waals surface area contributed by atoms with Gasteiger partial charge in [0.05, 0.1) is 12.0 Å². The van der Waals surface area contributed by atoms with Crippen LogP contribution >= 0.6 is 0 Å². The summed E-state index contributed by atoms with van der Waals surface area (Å²) in [4.78, 5) is 11.8. The van der Waals surface area contributed by atoms with E-state index < -0.39 is 0 Å². The molecule has 0 aromatic carbocycles. The van der Waals surface area contributed by atoms with Gasteiger partial charge >= 0.3 is 0 Å². The number of nitrogens with two attached hydrogens (primary N) is 1. The van der Waals surface area contributed by atoms with Crippen LogP contribution in [0.1, 0.15) is 33.1 Å². The van der Waals surface area contributed by atoms with E-state index in [9.17, 15) is 4.79 Å². The van der Waals surface area contributed by atoms with Gasteiger partial charge in [-0.3, -0.25) is 4.79 Å². The van der Waals surface area contributed by atoms with Crippen molar-refractivity contribution < 1.29 is 9.53 Å². The average molecular weight is 228 g/mol. The molecule has 0 aliphatic carbocycles. The minimum absolute atomic E-state index is 0.0253. The second kappa shape index (κ2) is 6.86. The number of rotatable bonds is 6. The van der Waals surface area contributed by atoms with Crippen LogP contribution in [-0.2, 0) is 9.53 Å². The smallest absolute Gasteiger partial charge is 0.224 e. The Hall–Kier alpha value is -0.610. The van der Waals surface area contributed by atoms with E-state index in [1.165, 1.54) is 0 Å². The van der Waals surface area contributed by atoms with Crippen molar-refractivity contribution in [2.24, 2.45) is 17.6 Å². The molecule has 3 unspecified atom stereocenters. The summed E-state index contributed by atoms with van der Waals surface area (Å²) in [5.41, 5.74) is 5.59. The molecule has 0 aromatic heterocycles. The van der Waals surface area contributed by atoms with Crippen LogP contribution < -0.4 is 11.1 Å². The molecule has 0 radical (unpaired) electrons. The van der Waals surface area contributed by atoms with E-state index in [0.29, 0.717) is 12.5 Å². The van der Waals surface area contributed by atoms with E-state index in [0.717, 1.165) is 32.4 Å². The standard InChI is InChI=1S/C12H24N2O2/c1-3-4-10(7-13)12(15)14-8-11-5-6-16-9(11)2/h9-11H,3-8,13H2,1-2H3,(H,14,15). The Bertz CT molecular complexity index is 221. The first-order valence-electron chi connectivity index (χ1n) is 6.28. The van der Waals surface area contributed by atoms with Gasteiger partial charge in [0, 0.05) is 25.6 Å². The third kappa shape index (κ3) is 3.76. The number of hydrogen-bond donors (Lipinski definition) is 2. The highest BCUT2D eigenvalue weighted by molar-refractivity contribution is 5.78. The predicted octanol–water partition coefficient (Wildman–Crippen LogP) is 0.903. The highest BCUT2D eigenvalue weighted by atomic mass is 16.5. The molecular formula is C12H24N2O2. The summed E-state index contributed by atoms with van der Waals surface area (Å²) in [5, 5.41) is 2.99. The summed E-state index contributed by atoms with van der Waals surface area (Å²) in [6.07, 6.45) is 3.18. The molecule has 1 aliphatic heterocycles. The SMILES string of the molecule is CCCC(CN)C(=O)NCC1CCOC1C. The molecule has 1 amide bonds. The van der Waals surface area contributed by atoms with Crippen molar-refractivity contribution in [2.75, 3.05) is 19.7 Å². The second-order valence-electron chi connectivity index (χ2n) is 4.59. The first-order valence-corrected chi connectivity index (χ1v) is 6.28. The summed E-state index contributed by atoms with van der Waals surface area (Å²) in [7, 11) is 0. The molecule has 1 rings (SSSR count). The monoisotopic (exact) mass is 228 g/mol. The molecule has 1 saturated heterocycles. The highest BCUT2D eigenvalue weighted by Crippen LogP contribution is 2.19. The number of hydrogen-bond acceptors (Lipinski definition) is 3. The summed E-state index contributed by atoms with van der Waals surface area (Å²) >= 11 is 0. The summed E-state index contributed by atoms with van der Waals surface area (Å²) in [6.45, 7) is 6.12. The average Bonchev–Trinajstić information content (AvgIpc) is 2.68. The van der Waals surface area contributed by atoms with Gasteiger partial charge in [-0.25, -0.2) is 0 Å². The van der Waals surface area contributed by atoms with Gasteiger partial charge in [0.1, 0.15) is 0 Å². The molecule has 4 nitrogen and oxygen atoms in total. The first kappa shape index (κ1) is 13.5. The van der Waals surface area contributed by atoms with Crippen molar-refractivity contribution in [3.8, 4) is 0 Å². The van der Waals surface area contributed by atoms with E-state index in [1.807, 2.05) is 0 Å². The van der Waals surface area contributed by atoms with Gasteiger partial charge in [-0.1, -0.05) is 13.3 Å². The van der Waals surface area contributed by atoms with Gasteiger partial charge in [0.2, 0.25) is 5.91 Å². The third-order valence-corrected chi connectivity index (χ3v) is 3.36. The van der Waals surface area contributed by atoms with Crippen LogP contribution in [0.4, 0.5) is 0 Å². The van der Waals surface area contributed by atoms with E-state index in [2.05, 4.69) is 19.2 Å². The molecular weight excluding hydrogens is 204 g/mol. The van der Waals surface area contributed by atoms with Crippen LogP contribution in [0.5, 0.6) is 0 Å². The predicted molar refractivity (Wildman–Crippen MR) is 64.0 cm³/mol. The molecule has 0 bridgehead atoms. The molecule has 1 aliphatic rings. The molecule has 1 fully saturated rings. The van der Waals surface area contributed by atoms with Crippen molar-refractivity contribution in [1.29, 1.82) is 0 Å². The van der Waals surface area contributed by atoms with Crippen LogP contribution in [0.3, 0.4) is 0 Å². The molecule has 0 saturated carbocycles. The van der Waals surface area contributed by atoms with Gasteiger partial charge in [-0.2, -0.15) is 0 Å². The second-order valence-corrected chi connectivity index (χ2v) is 4.59. The van der Waals surface area contributed by atoms with E-state index in [1.54, 1.807) is 0 Å². The van der Waals surface area contributed by atoms with E-state index in [-0.39, 0.29) is 17.9 Å². The van der Waals surface area contributed by atoms with Crippen molar-refractivity contribution in [2.45, 2.75) is 39.2 Å². The quantitative estimate of drug-likeness (QED) is 0.710. The Labute approximate surface area is 97.9 Å². The van der Waals surface area contributed by atoms with Crippen molar-refractivity contribution in [1.82, 2.24) is 5.32 Å². The lowest BCUT2D eigenvalue weighted by atomic mass is 10.0. The molecule has 4 heteroatoms. The van der Waals surface area contributed by atoms with Crippen molar-refractivity contribution >= 4 is 5.91 Å². The number of carbonyl (C=O) groups is 1. The maximum absolute atomic E-state index is 11.8. The zero-order valence-electron chi connectivity index (χ0n) is 10.4. The van der Waals surface area contributed by atoms with Gasteiger partial charge in [-0.05, 0) is 19.8 Å². The third-order valence-electron chi connectivity index (χ3n) is 3.36. The van der Waals surface area contributed by atoms with Gasteiger partial charge in [0.15, 0.2) is 0 Å². The highest BCUT2D eigenvalue weighted by Gasteiger charge is 2.25. The summed E-state index contributed by atoms with van der Waals surface area (Å²) in [6, 6.07) is 0. The number of nitrogens with one attached hydrogen (secondary N) is 1. The van der Waals surface area contributed by atoms with Gasteiger partial charge < -0.3 is 15.8 Å². The fraction of sp³-hybridized carbons (Fsp3) is 0.917. The molecule has 0 aromatic rings. The number of carbonyl (C=O) groups excluding carboxylic acids is 1. The zero-order valence-corrected chi connectivity index (χ0v) is 10.4. The normalized spacial score (nSPS) is 26.7. The van der Waals surface area contributed by atoms with Crippen LogP contribution in [0.25, 0.3) is 0 Å². The minimum atomic E-state index is -0.0253. The minimum Gasteiger partial charge on any atom is -0.378 e. The van der Waals surface area contributed by atoms with Gasteiger partial charge in [0.25, 0.3) is 0 Å². The lowest BCUT2D eigenvalue weighted by molar-refractivity contribution is -0.125. The van der Waals surface area contributed by atoms with Crippen molar-refractivity contribution in [3.63, 3.8) is 0 Å². The zero-order chi connectivity index (χ0) is 12.0. The molecule has 1 heterocycles. The summed E-state index contributed by atoms with van der Waals surface area (Å²) in [5.74, 6) is 0.537. The Morgan fingerprint density at radius 3 is 2.88 bits per heavy atom. The van der Waals surface area contributed by atoms with Crippen LogP contribution in [0.15, 0.2) is 0 Å². The van der Waals surface area contributed by atoms with Crippen molar-refractivity contribution in [3.05, 3.63) is 0 Å². The largest absolute Gasteiger partial charge is 0.378 e. The molecule has 94 valence electrons. The first-order chi connectivity index (χ1) is 7.69. The summed E-state index contributed by atoms with van der Waals surface area (Å²) < 4.78 is 5.46. The fourth-order valence-electron chi connectivity index (χ4n) is 2.12. The number of amides is 1. The van der Waals surface area contributed by atoms with E-state index in [4.69, 9.17) is 10.5 Å². The van der Waals surface area contributed by atoms with Crippen LogP contribution in [0, 0.1) is 11.8 Å². The lowest BCUT2D eigenvalue weighted by Gasteiger charge is -2.18. The van der Waals surface area contributed by atoms with Crippen LogP contribution in [0.2, 0.25) is 0 Å². The fourth-order valence-corrected chi connectivity index (χ4v) is 2.12. The molecule has 0 spiro atoms. The lowest BCUT2D eigenvalue weighted by Crippen LogP contribution is -2.38. The molecule has 3 N–H and O–H groups in total. The van der Waals surface area contributed by atoms with Crippen LogP contribution in [-0.4, -0.2) is 31.7 Å². The Morgan fingerprint density at radius 1 is 1.62 bits per heavy atom. The topological polar surface area (TPSA) is 64.4 Å².